The van der Waals surface area contributed by atoms with Crippen molar-refractivity contribution in [2.45, 2.75) is 23.9 Å². The number of benzene rings is 3. The molecule has 0 N–H and O–H groups in total. The molecule has 0 radical (unpaired) electrons. The average Bonchev–Trinajstić information content (AvgIpc) is 2.74. The lowest BCUT2D eigenvalue weighted by Gasteiger charge is -2.20. The van der Waals surface area contributed by atoms with Crippen molar-refractivity contribution < 1.29 is 0 Å². The third-order valence-corrected chi connectivity index (χ3v) is 6.00. The fourth-order valence-corrected chi connectivity index (χ4v) is 4.34. The highest BCUT2D eigenvalue weighted by molar-refractivity contribution is 7.98. The molecule has 28 heavy (non-hydrogen) atoms. The van der Waals surface area contributed by atoms with Crippen LogP contribution in [0.3, 0.4) is 0 Å². The number of nitrogens with zero attached hydrogens (tertiary/aromatic N) is 2. The van der Waals surface area contributed by atoms with Crippen LogP contribution in [-0.4, -0.2) is 9.55 Å². The van der Waals surface area contributed by atoms with Gasteiger partial charge in [-0.2, -0.15) is 0 Å². The highest BCUT2D eigenvalue weighted by atomic mass is 35.5. The second kappa shape index (κ2) is 8.21. The van der Waals surface area contributed by atoms with Crippen molar-refractivity contribution in [3.8, 4) is 0 Å². The van der Waals surface area contributed by atoms with Crippen LogP contribution in [0.4, 0.5) is 0 Å². The minimum Gasteiger partial charge on any atom is -0.280 e. The zero-order chi connectivity index (χ0) is 19.5. The van der Waals surface area contributed by atoms with Crippen LogP contribution in [0, 0.1) is 0 Å². The number of thioether (sulfide) groups is 1. The Morgan fingerprint density at radius 2 is 1.64 bits per heavy atom. The first-order valence-corrected chi connectivity index (χ1v) is 10.4. The second-order valence-electron chi connectivity index (χ2n) is 6.59. The number of para-hydroxylation sites is 1. The minimum atomic E-state index is -0.112. The summed E-state index contributed by atoms with van der Waals surface area (Å²) >= 11 is 7.55. The first kappa shape index (κ1) is 18.8. The lowest BCUT2D eigenvalue weighted by atomic mass is 10.1. The Hall–Kier alpha value is -2.56. The lowest BCUT2D eigenvalue weighted by Crippen LogP contribution is -2.27. The van der Waals surface area contributed by atoms with E-state index in [9.17, 15) is 4.79 Å². The topological polar surface area (TPSA) is 34.9 Å². The van der Waals surface area contributed by atoms with E-state index in [0.29, 0.717) is 16.2 Å². The molecule has 0 amide bonds. The van der Waals surface area contributed by atoms with E-state index in [1.807, 2.05) is 85.8 Å². The van der Waals surface area contributed by atoms with Crippen molar-refractivity contribution >= 4 is 34.3 Å². The highest BCUT2D eigenvalue weighted by Crippen LogP contribution is 2.27. The second-order valence-corrected chi connectivity index (χ2v) is 7.97. The van der Waals surface area contributed by atoms with Crippen LogP contribution in [-0.2, 0) is 5.75 Å². The standard InChI is InChI=1S/C23H19ClN2OS/c1-16(18-7-3-2-4-8-18)26-22(27)20-9-5-6-10-21(20)25-23(26)28-15-17-11-13-19(24)14-12-17/h2-14,16H,15H2,1H3/t16-/m0/s1. The Balaban J connectivity index is 1.79. The van der Waals surface area contributed by atoms with Gasteiger partial charge in [0.2, 0.25) is 0 Å². The molecule has 0 unspecified atom stereocenters. The number of halogens is 1. The van der Waals surface area contributed by atoms with E-state index in [4.69, 9.17) is 16.6 Å². The molecule has 3 aromatic carbocycles. The van der Waals surface area contributed by atoms with Gasteiger partial charge >= 0.3 is 0 Å². The molecule has 1 heterocycles. The molecule has 3 nitrogen and oxygen atoms in total. The van der Waals surface area contributed by atoms with Crippen LogP contribution >= 0.6 is 23.4 Å². The molecule has 0 saturated carbocycles. The van der Waals surface area contributed by atoms with Gasteiger partial charge in [0.1, 0.15) is 0 Å². The molecule has 0 spiro atoms. The normalized spacial score (nSPS) is 12.2. The van der Waals surface area contributed by atoms with E-state index in [2.05, 4.69) is 0 Å². The molecular weight excluding hydrogens is 388 g/mol. The number of fused-ring (bicyclic) bond motifs is 1. The number of aromatic nitrogens is 2. The molecule has 5 heteroatoms. The maximum atomic E-state index is 13.3. The van der Waals surface area contributed by atoms with Gasteiger partial charge < -0.3 is 0 Å². The van der Waals surface area contributed by atoms with Gasteiger partial charge in [0.25, 0.3) is 5.56 Å². The monoisotopic (exact) mass is 406 g/mol. The van der Waals surface area contributed by atoms with Crippen LogP contribution in [0.15, 0.2) is 88.8 Å². The third-order valence-electron chi connectivity index (χ3n) is 4.73. The molecule has 140 valence electrons. The number of hydrogen-bond donors (Lipinski definition) is 0. The van der Waals surface area contributed by atoms with Gasteiger partial charge in [-0.25, -0.2) is 4.98 Å². The summed E-state index contributed by atoms with van der Waals surface area (Å²) in [5.74, 6) is 0.712. The Bertz CT molecular complexity index is 1160. The van der Waals surface area contributed by atoms with Gasteiger partial charge in [-0.3, -0.25) is 9.36 Å². The zero-order valence-electron chi connectivity index (χ0n) is 15.4. The van der Waals surface area contributed by atoms with Gasteiger partial charge in [0, 0.05) is 10.8 Å². The van der Waals surface area contributed by atoms with Crippen molar-refractivity contribution in [3.63, 3.8) is 0 Å². The average molecular weight is 407 g/mol. The van der Waals surface area contributed by atoms with E-state index in [0.717, 1.165) is 21.8 Å². The summed E-state index contributed by atoms with van der Waals surface area (Å²) in [6, 6.07) is 25.2. The van der Waals surface area contributed by atoms with Crippen molar-refractivity contribution in [3.05, 3.63) is 105 Å². The molecule has 0 aliphatic carbocycles. The van der Waals surface area contributed by atoms with Gasteiger partial charge in [0.15, 0.2) is 5.16 Å². The van der Waals surface area contributed by atoms with Crippen LogP contribution in [0.5, 0.6) is 0 Å². The Morgan fingerprint density at radius 1 is 0.964 bits per heavy atom. The lowest BCUT2D eigenvalue weighted by molar-refractivity contribution is 0.548. The first-order valence-electron chi connectivity index (χ1n) is 9.07. The van der Waals surface area contributed by atoms with Crippen LogP contribution in [0.2, 0.25) is 5.02 Å². The van der Waals surface area contributed by atoms with Gasteiger partial charge in [0.05, 0.1) is 16.9 Å². The van der Waals surface area contributed by atoms with E-state index in [1.165, 1.54) is 0 Å². The van der Waals surface area contributed by atoms with E-state index >= 15 is 0 Å². The fraction of sp³-hybridized carbons (Fsp3) is 0.130. The predicted octanol–water partition coefficient (Wildman–Crippen LogP) is 5.95. The molecule has 4 aromatic rings. The molecule has 1 atom stereocenters. The summed E-state index contributed by atoms with van der Waals surface area (Å²) in [6.45, 7) is 2.04. The van der Waals surface area contributed by atoms with Crippen molar-refractivity contribution in [1.29, 1.82) is 0 Å². The summed E-state index contributed by atoms with van der Waals surface area (Å²) in [6.07, 6.45) is 0. The summed E-state index contributed by atoms with van der Waals surface area (Å²) in [5, 5.41) is 2.07. The van der Waals surface area contributed by atoms with Crippen LogP contribution in [0.25, 0.3) is 10.9 Å². The van der Waals surface area contributed by atoms with E-state index in [1.54, 1.807) is 16.3 Å². The van der Waals surface area contributed by atoms with Gasteiger partial charge in [-0.05, 0) is 42.3 Å². The molecule has 0 bridgehead atoms. The summed E-state index contributed by atoms with van der Waals surface area (Å²) in [7, 11) is 0. The van der Waals surface area contributed by atoms with Crippen molar-refractivity contribution in [2.75, 3.05) is 0 Å². The molecule has 0 aliphatic heterocycles. The maximum absolute atomic E-state index is 13.3. The fourth-order valence-electron chi connectivity index (χ4n) is 3.18. The van der Waals surface area contributed by atoms with Crippen molar-refractivity contribution in [2.24, 2.45) is 0 Å². The summed E-state index contributed by atoms with van der Waals surface area (Å²) in [4.78, 5) is 18.1. The molecule has 4 rings (SSSR count). The Morgan fingerprint density at radius 3 is 2.39 bits per heavy atom. The van der Waals surface area contributed by atoms with E-state index in [-0.39, 0.29) is 11.6 Å². The van der Waals surface area contributed by atoms with Crippen molar-refractivity contribution in [1.82, 2.24) is 9.55 Å². The number of hydrogen-bond acceptors (Lipinski definition) is 3. The summed E-state index contributed by atoms with van der Waals surface area (Å²) in [5.41, 5.74) is 2.92. The predicted molar refractivity (Wildman–Crippen MR) is 117 cm³/mol. The molecular formula is C23H19ClN2OS. The molecule has 0 aliphatic rings. The van der Waals surface area contributed by atoms with E-state index < -0.39 is 0 Å². The first-order chi connectivity index (χ1) is 13.6. The van der Waals surface area contributed by atoms with Crippen LogP contribution < -0.4 is 5.56 Å². The third kappa shape index (κ3) is 3.84. The molecule has 0 saturated heterocycles. The Kier molecular flexibility index (Phi) is 5.51. The molecule has 1 aromatic heterocycles. The quantitative estimate of drug-likeness (QED) is 0.303. The highest BCUT2D eigenvalue weighted by Gasteiger charge is 2.17. The summed E-state index contributed by atoms with van der Waals surface area (Å²) < 4.78 is 1.80. The zero-order valence-corrected chi connectivity index (χ0v) is 17.0. The Labute approximate surface area is 173 Å². The van der Waals surface area contributed by atoms with Gasteiger partial charge in [-0.15, -0.1) is 0 Å². The van der Waals surface area contributed by atoms with Gasteiger partial charge in [-0.1, -0.05) is 78.0 Å². The maximum Gasteiger partial charge on any atom is 0.262 e. The SMILES string of the molecule is C[C@@H](c1ccccc1)n1c(SCc2ccc(Cl)cc2)nc2ccccc2c1=O. The molecule has 0 fully saturated rings. The van der Waals surface area contributed by atoms with Crippen LogP contribution in [0.1, 0.15) is 24.1 Å². The smallest absolute Gasteiger partial charge is 0.262 e. The number of rotatable bonds is 5. The minimum absolute atomic E-state index is 0.0134. The largest absolute Gasteiger partial charge is 0.280 e.